The zero-order chi connectivity index (χ0) is 29.7. The van der Waals surface area contributed by atoms with Gasteiger partial charge in [-0.15, -0.1) is 11.3 Å². The summed E-state index contributed by atoms with van der Waals surface area (Å²) in [5.41, 5.74) is 5.26. The predicted molar refractivity (Wildman–Crippen MR) is 171 cm³/mol. The lowest BCUT2D eigenvalue weighted by Crippen LogP contribution is -2.32. The molecule has 8 nitrogen and oxygen atoms in total. The minimum absolute atomic E-state index is 0.104. The Labute approximate surface area is 249 Å². The van der Waals surface area contributed by atoms with Crippen LogP contribution < -0.4 is 4.90 Å². The first kappa shape index (κ1) is 30.4. The zero-order valence-electron chi connectivity index (χ0n) is 25.5. The molecule has 0 aromatic carbocycles. The molecule has 218 valence electrons. The molecule has 0 radical (unpaired) electrons. The van der Waals surface area contributed by atoms with Crippen LogP contribution in [0.5, 0.6) is 0 Å². The van der Waals surface area contributed by atoms with Crippen LogP contribution in [0.4, 0.5) is 10.9 Å². The minimum Gasteiger partial charge on any atom is -0.373 e. The third kappa shape index (κ3) is 7.62. The molecule has 3 heterocycles. The largest absolute Gasteiger partial charge is 0.373 e. The Morgan fingerprint density at radius 3 is 2.76 bits per heavy atom. The summed E-state index contributed by atoms with van der Waals surface area (Å²) in [6.45, 7) is 16.8. The maximum atomic E-state index is 10.0. The molecule has 2 aromatic heterocycles. The van der Waals surface area contributed by atoms with Crippen molar-refractivity contribution in [2.45, 2.75) is 65.7 Å². The van der Waals surface area contributed by atoms with Gasteiger partial charge in [-0.25, -0.2) is 15.0 Å². The number of anilines is 1. The molecule has 41 heavy (non-hydrogen) atoms. The molecule has 1 aliphatic carbocycles. The van der Waals surface area contributed by atoms with Gasteiger partial charge in [0.15, 0.2) is 0 Å². The van der Waals surface area contributed by atoms with Crippen LogP contribution in [-0.2, 0) is 6.42 Å². The lowest BCUT2D eigenvalue weighted by Gasteiger charge is -2.30. The van der Waals surface area contributed by atoms with Gasteiger partial charge in [0.1, 0.15) is 11.1 Å². The lowest BCUT2D eigenvalue weighted by molar-refractivity contribution is 0.303. The molecular formula is C32H44N8S. The predicted octanol–water partition coefficient (Wildman–Crippen LogP) is 6.53. The number of aromatic nitrogens is 2. The highest BCUT2D eigenvalue weighted by atomic mass is 32.1. The lowest BCUT2D eigenvalue weighted by atomic mass is 9.80. The molecule has 1 aliphatic heterocycles. The van der Waals surface area contributed by atoms with Gasteiger partial charge < -0.3 is 14.7 Å². The smallest absolute Gasteiger partial charge is 0.225 e. The Morgan fingerprint density at radius 1 is 1.27 bits per heavy atom. The van der Waals surface area contributed by atoms with Gasteiger partial charge in [0.05, 0.1) is 23.3 Å². The summed E-state index contributed by atoms with van der Waals surface area (Å²) in [6, 6.07) is 4.25. The van der Waals surface area contributed by atoms with Gasteiger partial charge >= 0.3 is 0 Å². The van der Waals surface area contributed by atoms with Crippen molar-refractivity contribution in [1.82, 2.24) is 19.8 Å². The maximum absolute atomic E-state index is 10.0. The van der Waals surface area contributed by atoms with Crippen molar-refractivity contribution >= 4 is 34.3 Å². The second kappa shape index (κ2) is 13.0. The fourth-order valence-electron chi connectivity index (χ4n) is 5.68. The summed E-state index contributed by atoms with van der Waals surface area (Å²) in [5, 5.41) is 19.7. The molecule has 2 aromatic rings. The highest BCUT2D eigenvalue weighted by Gasteiger charge is 2.29. The van der Waals surface area contributed by atoms with E-state index in [4.69, 9.17) is 10.4 Å². The monoisotopic (exact) mass is 572 g/mol. The van der Waals surface area contributed by atoms with Crippen LogP contribution in [0.25, 0.3) is 0 Å². The van der Waals surface area contributed by atoms with Crippen LogP contribution >= 0.6 is 11.3 Å². The van der Waals surface area contributed by atoms with Gasteiger partial charge in [0, 0.05) is 63.0 Å². The second-order valence-electron chi connectivity index (χ2n) is 12.6. The van der Waals surface area contributed by atoms with Crippen molar-refractivity contribution in [3.63, 3.8) is 0 Å². The number of hydrogen-bond acceptors (Lipinski definition) is 8. The molecule has 1 N–H and O–H groups in total. The normalized spacial score (nSPS) is 18.2. The summed E-state index contributed by atoms with van der Waals surface area (Å²) in [7, 11) is 3.85. The summed E-state index contributed by atoms with van der Waals surface area (Å²) in [6.07, 6.45) is 10.4. The third-order valence-corrected chi connectivity index (χ3v) is 8.74. The van der Waals surface area contributed by atoms with E-state index in [1.807, 2.05) is 31.1 Å². The fraction of sp³-hybridized carbons (Fsp3) is 0.531. The average Bonchev–Trinajstić information content (AvgIpc) is 3.09. The zero-order valence-corrected chi connectivity index (χ0v) is 26.3. The molecule has 0 amide bonds. The molecule has 0 saturated carbocycles. The number of rotatable bonds is 8. The van der Waals surface area contributed by atoms with E-state index in [0.717, 1.165) is 74.4 Å². The Balaban J connectivity index is 1.50. The number of nitrogens with one attached hydrogen (secondary N) is 1. The maximum Gasteiger partial charge on any atom is 0.225 e. The summed E-state index contributed by atoms with van der Waals surface area (Å²) < 4.78 is 0. The molecule has 1 saturated heterocycles. The Hall–Kier alpha value is -3.51. The van der Waals surface area contributed by atoms with Crippen molar-refractivity contribution in [1.29, 1.82) is 10.7 Å². The summed E-state index contributed by atoms with van der Waals surface area (Å²) in [4.78, 5) is 21.7. The van der Waals surface area contributed by atoms with Gasteiger partial charge in [-0.05, 0) is 62.1 Å². The topological polar surface area (TPSA) is 95.5 Å². The van der Waals surface area contributed by atoms with Crippen molar-refractivity contribution in [3.8, 4) is 6.07 Å². The summed E-state index contributed by atoms with van der Waals surface area (Å²) >= 11 is 1.63. The van der Waals surface area contributed by atoms with Gasteiger partial charge in [0.2, 0.25) is 5.95 Å². The van der Waals surface area contributed by atoms with Crippen LogP contribution in [0, 0.1) is 22.2 Å². The number of fused-ring (bicyclic) bond motifs is 1. The van der Waals surface area contributed by atoms with Crippen LogP contribution in [0.1, 0.15) is 81.0 Å². The number of hydrogen-bond donors (Lipinski definition) is 1. The molecule has 0 unspecified atom stereocenters. The van der Waals surface area contributed by atoms with E-state index in [2.05, 4.69) is 60.1 Å². The van der Waals surface area contributed by atoms with Gasteiger partial charge in [-0.2, -0.15) is 5.26 Å². The number of aryl methyl sites for hydroxylation is 1. The standard InChI is InChI=1S/C32H44N8S/c1-22(24-10-8-11-28-29(24)25(20-33)30(41-28)36-21-38(6)7)18-26(34)27-12-13-35-31(37-27)40-15-9-14-39(16-17-40)23(2)19-32(3,4)5/h12-13,18,21,24,34H,2,8-11,14-17,19H2,1,3-7H3/b22-18+,34-26?,36-21+/t24-/m1/s1. The number of nitriles is 1. The van der Waals surface area contributed by atoms with Crippen LogP contribution in [0.2, 0.25) is 0 Å². The number of aliphatic imine (C=N–C) groups is 1. The van der Waals surface area contributed by atoms with Crippen LogP contribution in [0.15, 0.2) is 41.2 Å². The fourth-order valence-corrected chi connectivity index (χ4v) is 6.87. The second-order valence-corrected chi connectivity index (χ2v) is 13.6. The van der Waals surface area contributed by atoms with Gasteiger partial charge in [-0.1, -0.05) is 32.9 Å². The van der Waals surface area contributed by atoms with E-state index >= 15 is 0 Å². The van der Waals surface area contributed by atoms with Gasteiger partial charge in [0.25, 0.3) is 0 Å². The molecular weight excluding hydrogens is 528 g/mol. The van der Waals surface area contributed by atoms with E-state index in [0.29, 0.717) is 22.9 Å². The van der Waals surface area contributed by atoms with E-state index in [1.165, 1.54) is 10.6 Å². The number of thiophene rings is 1. The van der Waals surface area contributed by atoms with Crippen LogP contribution in [0.3, 0.4) is 0 Å². The molecule has 1 fully saturated rings. The first-order valence-corrected chi connectivity index (χ1v) is 15.3. The van der Waals surface area contributed by atoms with Crippen molar-refractivity contribution in [2.24, 2.45) is 10.4 Å². The van der Waals surface area contributed by atoms with Crippen LogP contribution in [-0.4, -0.2) is 72.1 Å². The molecule has 2 aliphatic rings. The Morgan fingerprint density at radius 2 is 2.05 bits per heavy atom. The summed E-state index contributed by atoms with van der Waals surface area (Å²) in [5.74, 6) is 0.780. The van der Waals surface area contributed by atoms with Crippen molar-refractivity contribution < 1.29 is 0 Å². The van der Waals surface area contributed by atoms with Crippen molar-refractivity contribution in [3.05, 3.63) is 57.9 Å². The van der Waals surface area contributed by atoms with E-state index in [9.17, 15) is 5.26 Å². The Kier molecular flexibility index (Phi) is 9.64. The first-order chi connectivity index (χ1) is 19.5. The van der Waals surface area contributed by atoms with Gasteiger partial charge in [-0.3, -0.25) is 5.41 Å². The molecule has 9 heteroatoms. The molecule has 1 atom stereocenters. The van der Waals surface area contributed by atoms with E-state index < -0.39 is 0 Å². The highest BCUT2D eigenvalue weighted by molar-refractivity contribution is 7.16. The average molecular weight is 573 g/mol. The molecule has 0 bridgehead atoms. The SMILES string of the molecule is C=C(CC(C)(C)C)N1CCCN(c2nccc(C(=N)/C=C(\C)[C@H]3CCCc4sc(/N=C/N(C)C)c(C#N)c43)n2)CC1. The van der Waals surface area contributed by atoms with E-state index in [1.54, 1.807) is 23.9 Å². The quantitative estimate of drug-likeness (QED) is 0.286. The number of nitrogens with zero attached hydrogens (tertiary/aromatic N) is 7. The first-order valence-electron chi connectivity index (χ1n) is 14.5. The third-order valence-electron chi connectivity index (χ3n) is 7.57. The highest BCUT2D eigenvalue weighted by Crippen LogP contribution is 2.46. The minimum atomic E-state index is 0.104. The molecule has 4 rings (SSSR count). The Bertz CT molecular complexity index is 1370. The van der Waals surface area contributed by atoms with E-state index in [-0.39, 0.29) is 11.3 Å². The van der Waals surface area contributed by atoms with Crippen molar-refractivity contribution in [2.75, 3.05) is 45.2 Å². The molecule has 0 spiro atoms. The number of allylic oxidation sites excluding steroid dienone is 3.